The molecule has 0 fully saturated rings. The highest BCUT2D eigenvalue weighted by Crippen LogP contribution is 2.35. The van der Waals surface area contributed by atoms with Crippen LogP contribution in [0.5, 0.6) is 17.2 Å². The summed E-state index contributed by atoms with van der Waals surface area (Å²) >= 11 is 7.58. The van der Waals surface area contributed by atoms with Crippen LogP contribution in [0.3, 0.4) is 0 Å². The maximum Gasteiger partial charge on any atom is 0.234 e. The van der Waals surface area contributed by atoms with Crippen molar-refractivity contribution in [2.24, 2.45) is 0 Å². The maximum atomic E-state index is 12.2. The predicted molar refractivity (Wildman–Crippen MR) is 102 cm³/mol. The first-order valence-electron chi connectivity index (χ1n) is 7.49. The quantitative estimate of drug-likeness (QED) is 0.741. The molecular weight excluding hydrogens is 362 g/mol. The van der Waals surface area contributed by atoms with Crippen LogP contribution < -0.4 is 19.5 Å². The van der Waals surface area contributed by atoms with Gasteiger partial charge in [0.05, 0.1) is 37.8 Å². The Morgan fingerprint density at radius 1 is 1.04 bits per heavy atom. The molecule has 7 heteroatoms. The molecule has 0 spiro atoms. The highest BCUT2D eigenvalue weighted by molar-refractivity contribution is 7.99. The van der Waals surface area contributed by atoms with Crippen LogP contribution in [0.25, 0.3) is 0 Å². The molecule has 0 radical (unpaired) electrons. The lowest BCUT2D eigenvalue weighted by Gasteiger charge is -2.13. The fourth-order valence-electron chi connectivity index (χ4n) is 2.13. The van der Waals surface area contributed by atoms with Crippen LogP contribution >= 0.6 is 23.4 Å². The van der Waals surface area contributed by atoms with Crippen LogP contribution in [0.2, 0.25) is 5.02 Å². The lowest BCUT2D eigenvalue weighted by atomic mass is 10.2. The number of amides is 1. The Labute approximate surface area is 156 Å². The Kier molecular flexibility index (Phi) is 7.28. The zero-order valence-corrected chi connectivity index (χ0v) is 15.9. The van der Waals surface area contributed by atoms with E-state index in [1.807, 2.05) is 24.3 Å². The summed E-state index contributed by atoms with van der Waals surface area (Å²) in [6.45, 7) is 0. The third-order valence-corrected chi connectivity index (χ3v) is 4.71. The summed E-state index contributed by atoms with van der Waals surface area (Å²) in [5, 5.41) is 3.25. The maximum absolute atomic E-state index is 12.2. The van der Waals surface area contributed by atoms with Gasteiger partial charge in [-0.3, -0.25) is 4.79 Å². The Bertz CT molecular complexity index is 722. The van der Waals surface area contributed by atoms with Gasteiger partial charge in [0.15, 0.2) is 0 Å². The van der Waals surface area contributed by atoms with Crippen molar-refractivity contribution in [3.63, 3.8) is 0 Å². The number of carbonyl (C=O) groups excluding carboxylic acids is 1. The molecule has 1 amide bonds. The number of rotatable bonds is 8. The average molecular weight is 382 g/mol. The summed E-state index contributed by atoms with van der Waals surface area (Å²) < 4.78 is 15.5. The van der Waals surface area contributed by atoms with E-state index in [4.69, 9.17) is 25.8 Å². The van der Waals surface area contributed by atoms with Gasteiger partial charge >= 0.3 is 0 Å². The molecule has 0 atom stereocenters. The van der Waals surface area contributed by atoms with Crippen molar-refractivity contribution in [1.29, 1.82) is 0 Å². The molecule has 134 valence electrons. The summed E-state index contributed by atoms with van der Waals surface area (Å²) in [6, 6.07) is 11.0. The summed E-state index contributed by atoms with van der Waals surface area (Å²) in [6.07, 6.45) is 0. The molecule has 0 saturated carbocycles. The Morgan fingerprint density at radius 3 is 2.32 bits per heavy atom. The summed E-state index contributed by atoms with van der Waals surface area (Å²) in [7, 11) is 4.67. The minimum absolute atomic E-state index is 0.124. The van der Waals surface area contributed by atoms with Gasteiger partial charge in [0.2, 0.25) is 5.91 Å². The van der Waals surface area contributed by atoms with E-state index in [9.17, 15) is 4.79 Å². The average Bonchev–Trinajstić information content (AvgIpc) is 2.63. The number of thioether (sulfide) groups is 1. The number of benzene rings is 2. The summed E-state index contributed by atoms with van der Waals surface area (Å²) in [5.41, 5.74) is 1.66. The standard InChI is InChI=1S/C18H20ClNO4S/c1-22-13-6-4-12(5-7-13)10-25-11-18(21)20-15-9-16(23-2)14(19)8-17(15)24-3/h4-9H,10-11H2,1-3H3,(H,20,21). The zero-order chi connectivity index (χ0) is 18.2. The number of halogens is 1. The first kappa shape index (κ1) is 19.3. The molecule has 0 aliphatic heterocycles. The van der Waals surface area contributed by atoms with Gasteiger partial charge in [0.1, 0.15) is 17.2 Å². The van der Waals surface area contributed by atoms with Crippen LogP contribution in [0, 0.1) is 0 Å². The van der Waals surface area contributed by atoms with Gasteiger partial charge in [-0.2, -0.15) is 0 Å². The van der Waals surface area contributed by atoms with Crippen LogP contribution in [-0.4, -0.2) is 33.0 Å². The lowest BCUT2D eigenvalue weighted by molar-refractivity contribution is -0.113. The topological polar surface area (TPSA) is 56.8 Å². The van der Waals surface area contributed by atoms with Crippen molar-refractivity contribution < 1.29 is 19.0 Å². The molecule has 2 aromatic rings. The fraction of sp³-hybridized carbons (Fsp3) is 0.278. The molecule has 2 aromatic carbocycles. The first-order valence-corrected chi connectivity index (χ1v) is 9.02. The highest BCUT2D eigenvalue weighted by Gasteiger charge is 2.12. The van der Waals surface area contributed by atoms with Gasteiger partial charge in [-0.1, -0.05) is 23.7 Å². The van der Waals surface area contributed by atoms with Crippen molar-refractivity contribution in [2.75, 3.05) is 32.4 Å². The van der Waals surface area contributed by atoms with Gasteiger partial charge in [-0.15, -0.1) is 11.8 Å². The monoisotopic (exact) mass is 381 g/mol. The van der Waals surface area contributed by atoms with Crippen LogP contribution in [0.15, 0.2) is 36.4 Å². The van der Waals surface area contributed by atoms with Crippen LogP contribution in [-0.2, 0) is 10.5 Å². The largest absolute Gasteiger partial charge is 0.497 e. The van der Waals surface area contributed by atoms with Gasteiger partial charge in [0, 0.05) is 17.9 Å². The number of ether oxygens (including phenoxy) is 3. The van der Waals surface area contributed by atoms with Crippen molar-refractivity contribution in [3.05, 3.63) is 47.0 Å². The molecule has 0 saturated heterocycles. The molecule has 1 N–H and O–H groups in total. The van der Waals surface area contributed by atoms with Gasteiger partial charge in [-0.25, -0.2) is 0 Å². The number of anilines is 1. The predicted octanol–water partition coefficient (Wildman–Crippen LogP) is 4.24. The van der Waals surface area contributed by atoms with Crippen LogP contribution in [0.4, 0.5) is 5.69 Å². The molecule has 25 heavy (non-hydrogen) atoms. The molecule has 0 bridgehead atoms. The van der Waals surface area contributed by atoms with E-state index in [-0.39, 0.29) is 5.91 Å². The van der Waals surface area contributed by atoms with E-state index < -0.39 is 0 Å². The van der Waals surface area contributed by atoms with E-state index >= 15 is 0 Å². The molecule has 0 heterocycles. The fourth-order valence-corrected chi connectivity index (χ4v) is 3.15. The van der Waals surface area contributed by atoms with Crippen LogP contribution in [0.1, 0.15) is 5.56 Å². The van der Waals surface area contributed by atoms with E-state index in [1.165, 1.54) is 26.0 Å². The number of methoxy groups -OCH3 is 3. The van der Waals surface area contributed by atoms with E-state index in [0.29, 0.717) is 28.0 Å². The zero-order valence-electron chi connectivity index (χ0n) is 14.3. The Morgan fingerprint density at radius 2 is 1.72 bits per heavy atom. The van der Waals surface area contributed by atoms with Crippen molar-refractivity contribution in [2.45, 2.75) is 5.75 Å². The SMILES string of the molecule is COc1ccc(CSCC(=O)Nc2cc(OC)c(Cl)cc2OC)cc1. The smallest absolute Gasteiger partial charge is 0.234 e. The van der Waals surface area contributed by atoms with Gasteiger partial charge in [0.25, 0.3) is 0 Å². The molecule has 0 aliphatic carbocycles. The second-order valence-corrected chi connectivity index (χ2v) is 6.47. The van der Waals surface area contributed by atoms with E-state index in [2.05, 4.69) is 5.32 Å². The number of hydrogen-bond donors (Lipinski definition) is 1. The molecule has 2 rings (SSSR count). The van der Waals surface area contributed by atoms with Crippen molar-refractivity contribution >= 4 is 35.0 Å². The van der Waals surface area contributed by atoms with E-state index in [0.717, 1.165) is 17.1 Å². The third kappa shape index (κ3) is 5.47. The van der Waals surface area contributed by atoms with Gasteiger partial charge < -0.3 is 19.5 Å². The molecule has 5 nitrogen and oxygen atoms in total. The normalized spacial score (nSPS) is 10.2. The molecule has 0 aromatic heterocycles. The molecule has 0 aliphatic rings. The second kappa shape index (κ2) is 9.44. The summed E-state index contributed by atoms with van der Waals surface area (Å²) in [4.78, 5) is 12.2. The minimum atomic E-state index is -0.124. The van der Waals surface area contributed by atoms with Gasteiger partial charge in [-0.05, 0) is 17.7 Å². The van der Waals surface area contributed by atoms with Crippen molar-refractivity contribution in [3.8, 4) is 17.2 Å². The minimum Gasteiger partial charge on any atom is -0.497 e. The first-order chi connectivity index (χ1) is 12.1. The summed E-state index contributed by atoms with van der Waals surface area (Å²) in [5.74, 6) is 2.71. The second-order valence-electron chi connectivity index (χ2n) is 5.08. The van der Waals surface area contributed by atoms with Crippen molar-refractivity contribution in [1.82, 2.24) is 0 Å². The van der Waals surface area contributed by atoms with E-state index in [1.54, 1.807) is 19.2 Å². The molecular formula is C18H20ClNO4S. The highest BCUT2D eigenvalue weighted by atomic mass is 35.5. The number of hydrogen-bond acceptors (Lipinski definition) is 5. The molecule has 0 unspecified atom stereocenters. The number of nitrogens with one attached hydrogen (secondary N) is 1. The Hall–Kier alpha value is -2.05. The Balaban J connectivity index is 1.91. The lowest BCUT2D eigenvalue weighted by Crippen LogP contribution is -2.15. The number of carbonyl (C=O) groups is 1. The third-order valence-electron chi connectivity index (χ3n) is 3.41.